The second-order valence-electron chi connectivity index (χ2n) is 14.0. The smallest absolute Gasteiger partial charge is 0.164 e. The van der Waals surface area contributed by atoms with Gasteiger partial charge in [-0.2, -0.15) is 0 Å². The maximum atomic E-state index is 6.36. The zero-order valence-electron chi connectivity index (χ0n) is 30.1. The molecule has 3 aromatic heterocycles. The molecule has 0 fully saturated rings. The van der Waals surface area contributed by atoms with Gasteiger partial charge in [0.2, 0.25) is 0 Å². The lowest BCUT2D eigenvalue weighted by atomic mass is 10.0. The molecular formula is C51H31N3OS. The van der Waals surface area contributed by atoms with E-state index < -0.39 is 0 Å². The summed E-state index contributed by atoms with van der Waals surface area (Å²) < 4.78 is 8.84. The number of aromatic nitrogens is 3. The average molecular weight is 734 g/mol. The Balaban J connectivity index is 0.967. The van der Waals surface area contributed by atoms with Gasteiger partial charge in [-0.3, -0.25) is 0 Å². The molecule has 0 aliphatic heterocycles. The summed E-state index contributed by atoms with van der Waals surface area (Å²) in [6.45, 7) is 0. The van der Waals surface area contributed by atoms with Gasteiger partial charge in [0.15, 0.2) is 17.5 Å². The topological polar surface area (TPSA) is 51.8 Å². The van der Waals surface area contributed by atoms with Crippen molar-refractivity contribution < 1.29 is 4.42 Å². The second-order valence-corrected chi connectivity index (χ2v) is 15.1. The Morgan fingerprint density at radius 1 is 0.286 bits per heavy atom. The molecule has 0 unspecified atom stereocenters. The first kappa shape index (κ1) is 32.2. The van der Waals surface area contributed by atoms with Crippen LogP contribution in [-0.4, -0.2) is 15.0 Å². The van der Waals surface area contributed by atoms with Gasteiger partial charge in [0.05, 0.1) is 0 Å². The van der Waals surface area contributed by atoms with E-state index in [9.17, 15) is 0 Å². The monoisotopic (exact) mass is 733 g/mol. The number of rotatable bonds is 6. The van der Waals surface area contributed by atoms with Gasteiger partial charge >= 0.3 is 0 Å². The lowest BCUT2D eigenvalue weighted by Gasteiger charge is -2.10. The zero-order chi connectivity index (χ0) is 37.0. The highest BCUT2D eigenvalue weighted by molar-refractivity contribution is 7.25. The summed E-state index contributed by atoms with van der Waals surface area (Å²) in [5.41, 5.74) is 11.4. The minimum atomic E-state index is 0.627. The summed E-state index contributed by atoms with van der Waals surface area (Å²) >= 11 is 1.79. The molecule has 0 aliphatic rings. The minimum Gasteiger partial charge on any atom is -0.456 e. The minimum absolute atomic E-state index is 0.627. The molecule has 5 heteroatoms. The number of thiophene rings is 1. The van der Waals surface area contributed by atoms with Gasteiger partial charge in [-0.05, 0) is 69.8 Å². The maximum absolute atomic E-state index is 6.36. The van der Waals surface area contributed by atoms with Gasteiger partial charge in [-0.15, -0.1) is 11.3 Å². The molecule has 3 heterocycles. The fourth-order valence-corrected chi connectivity index (χ4v) is 8.79. The number of hydrogen-bond acceptors (Lipinski definition) is 5. The molecule has 0 radical (unpaired) electrons. The molecule has 0 N–H and O–H groups in total. The number of nitrogens with zero attached hydrogens (tertiary/aromatic N) is 3. The molecule has 0 bridgehead atoms. The van der Waals surface area contributed by atoms with Crippen molar-refractivity contribution in [2.24, 2.45) is 0 Å². The van der Waals surface area contributed by atoms with E-state index in [1.165, 1.54) is 36.9 Å². The first-order chi connectivity index (χ1) is 27.7. The van der Waals surface area contributed by atoms with E-state index in [1.54, 1.807) is 11.3 Å². The van der Waals surface area contributed by atoms with Gasteiger partial charge < -0.3 is 4.42 Å². The molecule has 0 saturated carbocycles. The van der Waals surface area contributed by atoms with Crippen molar-refractivity contribution in [3.8, 4) is 67.5 Å². The number of benzene rings is 8. The molecule has 262 valence electrons. The van der Waals surface area contributed by atoms with Crippen molar-refractivity contribution in [3.05, 3.63) is 188 Å². The summed E-state index contributed by atoms with van der Waals surface area (Å²) in [4.78, 5) is 15.2. The van der Waals surface area contributed by atoms with E-state index in [0.717, 1.165) is 55.3 Å². The Morgan fingerprint density at radius 3 is 1.45 bits per heavy atom. The average Bonchev–Trinajstić information content (AvgIpc) is 3.84. The van der Waals surface area contributed by atoms with Crippen molar-refractivity contribution >= 4 is 53.4 Å². The molecule has 0 saturated heterocycles. The van der Waals surface area contributed by atoms with Gasteiger partial charge in [0.1, 0.15) is 11.2 Å². The molecule has 0 spiro atoms. The van der Waals surface area contributed by atoms with Gasteiger partial charge in [-0.25, -0.2) is 15.0 Å². The van der Waals surface area contributed by atoms with Crippen LogP contribution in [0, 0.1) is 0 Å². The quantitative estimate of drug-likeness (QED) is 0.171. The highest BCUT2D eigenvalue weighted by Crippen LogP contribution is 2.38. The number of furan rings is 1. The molecule has 0 atom stereocenters. The summed E-state index contributed by atoms with van der Waals surface area (Å²) in [7, 11) is 0. The summed E-state index contributed by atoms with van der Waals surface area (Å²) in [6, 6.07) is 65.8. The fraction of sp³-hybridized carbons (Fsp3) is 0. The maximum Gasteiger partial charge on any atom is 0.164 e. The molecule has 0 amide bonds. The van der Waals surface area contributed by atoms with Crippen LogP contribution in [0.3, 0.4) is 0 Å². The van der Waals surface area contributed by atoms with Crippen molar-refractivity contribution in [1.29, 1.82) is 0 Å². The third-order valence-corrected chi connectivity index (χ3v) is 11.7. The molecule has 11 rings (SSSR count). The lowest BCUT2D eigenvalue weighted by molar-refractivity contribution is 0.669. The lowest BCUT2D eigenvalue weighted by Crippen LogP contribution is -2.00. The molecule has 56 heavy (non-hydrogen) atoms. The van der Waals surface area contributed by atoms with Crippen LogP contribution < -0.4 is 0 Å². The molecule has 8 aromatic carbocycles. The molecule has 4 nitrogen and oxygen atoms in total. The second kappa shape index (κ2) is 13.3. The Hall–Kier alpha value is -7.21. The van der Waals surface area contributed by atoms with Crippen molar-refractivity contribution in [2.45, 2.75) is 0 Å². The van der Waals surface area contributed by atoms with E-state index in [1.807, 2.05) is 12.1 Å². The van der Waals surface area contributed by atoms with Crippen LogP contribution in [0.1, 0.15) is 0 Å². The normalized spacial score (nSPS) is 11.6. The fourth-order valence-electron chi connectivity index (χ4n) is 7.65. The van der Waals surface area contributed by atoms with E-state index in [-0.39, 0.29) is 0 Å². The molecular weight excluding hydrogens is 703 g/mol. The van der Waals surface area contributed by atoms with Crippen LogP contribution in [-0.2, 0) is 0 Å². The molecule has 11 aromatic rings. The van der Waals surface area contributed by atoms with Crippen LogP contribution in [0.4, 0.5) is 0 Å². The van der Waals surface area contributed by atoms with Gasteiger partial charge in [-0.1, -0.05) is 152 Å². The van der Waals surface area contributed by atoms with Crippen LogP contribution in [0.2, 0.25) is 0 Å². The third-order valence-electron chi connectivity index (χ3n) is 10.6. The van der Waals surface area contributed by atoms with Crippen LogP contribution in [0.15, 0.2) is 192 Å². The predicted octanol–water partition coefficient (Wildman–Crippen LogP) is 14.1. The van der Waals surface area contributed by atoms with Gasteiger partial charge in [0, 0.05) is 47.6 Å². The highest BCUT2D eigenvalue weighted by Gasteiger charge is 2.16. The third kappa shape index (κ3) is 5.74. The number of hydrogen-bond donors (Lipinski definition) is 0. The molecule has 0 aliphatic carbocycles. The summed E-state index contributed by atoms with van der Waals surface area (Å²) in [5.74, 6) is 1.91. The van der Waals surface area contributed by atoms with Crippen LogP contribution >= 0.6 is 11.3 Å². The van der Waals surface area contributed by atoms with Crippen LogP contribution in [0.5, 0.6) is 0 Å². The summed E-state index contributed by atoms with van der Waals surface area (Å²) in [5, 5.41) is 4.74. The van der Waals surface area contributed by atoms with Crippen LogP contribution in [0.25, 0.3) is 110 Å². The summed E-state index contributed by atoms with van der Waals surface area (Å²) in [6.07, 6.45) is 0. The van der Waals surface area contributed by atoms with E-state index in [2.05, 4.69) is 176 Å². The van der Waals surface area contributed by atoms with Crippen molar-refractivity contribution in [3.63, 3.8) is 0 Å². The van der Waals surface area contributed by atoms with Crippen molar-refractivity contribution in [1.82, 2.24) is 15.0 Å². The first-order valence-corrected chi connectivity index (χ1v) is 19.5. The highest BCUT2D eigenvalue weighted by atomic mass is 32.1. The predicted molar refractivity (Wildman–Crippen MR) is 233 cm³/mol. The van der Waals surface area contributed by atoms with Gasteiger partial charge in [0.25, 0.3) is 0 Å². The van der Waals surface area contributed by atoms with Crippen molar-refractivity contribution in [2.75, 3.05) is 0 Å². The zero-order valence-corrected chi connectivity index (χ0v) is 30.9. The van der Waals surface area contributed by atoms with E-state index in [4.69, 9.17) is 19.4 Å². The van der Waals surface area contributed by atoms with E-state index >= 15 is 0 Å². The SMILES string of the molecule is c1ccc(-c2ccc(-c3nc(-c4ccc(-c5ccc6c(c5)oc5ccc(-c7ccccc7)cc56)cc4)nc(-c4ccc5c(c4)sc4ccccc45)n3)cc2)cc1. The number of fused-ring (bicyclic) bond motifs is 6. The van der Waals surface area contributed by atoms with E-state index in [0.29, 0.717) is 17.5 Å². The Labute approximate surface area is 327 Å². The Kier molecular flexibility index (Phi) is 7.64. The standard InChI is InChI=1S/C51H31N3OS/c1-3-9-32(10-4-1)34-15-19-36(20-16-34)49-52-50(54-51(53-49)40-24-27-43-42-13-7-8-14-47(42)56-48(43)31-40)37-21-17-35(18-22-37)39-23-26-41-44-29-38(33-11-5-2-6-12-33)25-28-45(44)55-46(41)30-39/h1-31H. The Bertz CT molecular complexity index is 3220. The Morgan fingerprint density at radius 2 is 0.750 bits per heavy atom. The first-order valence-electron chi connectivity index (χ1n) is 18.7. The largest absolute Gasteiger partial charge is 0.456 e.